The summed E-state index contributed by atoms with van der Waals surface area (Å²) < 4.78 is 43.3. The number of aliphatic hydroxyl groups is 3. The Labute approximate surface area is 386 Å². The number of esters is 3. The summed E-state index contributed by atoms with van der Waals surface area (Å²) in [5.41, 5.74) is -0.231. The standard InChI is InChI=1S/C49H80N2O14/c1-11-38(54)63-37-27-40(56)60-31(4)21-24-51(23-17-16-20-34-18-14-13-15-19-34)29-36(53)30(3)26-35(22-25-52)42(46(37)59-10)47-44(57)43(50(8)9)45(32(5)62-47)65-41-28-49(7,58)48(33(6)61-41)64-39(55)12-2/h13-15,18-19,25,30-33,35-37,41-48,53,57-58H,11-12,16-17,20-24,26-29H2,1-10H3/t30-,31-,32-,33+,35+,36+,37-,41+,42+,43-,44-,45-,46-,47+,48+,49-/m1/s1. The van der Waals surface area contributed by atoms with Gasteiger partial charge < -0.3 is 63.1 Å². The monoisotopic (exact) mass is 921 g/mol. The van der Waals surface area contributed by atoms with Crippen LogP contribution >= 0.6 is 0 Å². The Morgan fingerprint density at radius 2 is 1.65 bits per heavy atom. The van der Waals surface area contributed by atoms with E-state index in [1.807, 2.05) is 36.9 Å². The molecule has 0 spiro atoms. The average Bonchev–Trinajstić information content (AvgIpc) is 3.25. The van der Waals surface area contributed by atoms with Crippen molar-refractivity contribution in [2.24, 2.45) is 17.8 Å². The molecule has 3 saturated heterocycles. The minimum Gasteiger partial charge on any atom is -0.463 e. The van der Waals surface area contributed by atoms with E-state index in [1.54, 1.807) is 48.7 Å². The van der Waals surface area contributed by atoms with E-state index in [0.29, 0.717) is 25.9 Å². The Kier molecular flexibility index (Phi) is 21.7. The van der Waals surface area contributed by atoms with Crippen LogP contribution < -0.4 is 0 Å². The third kappa shape index (κ3) is 15.5. The number of carbonyl (C=O) groups excluding carboxylic acids is 4. The zero-order chi connectivity index (χ0) is 48.0. The topological polar surface area (TPSA) is 200 Å². The predicted molar refractivity (Wildman–Crippen MR) is 241 cm³/mol. The van der Waals surface area contributed by atoms with Gasteiger partial charge in [-0.3, -0.25) is 14.4 Å². The van der Waals surface area contributed by atoms with Gasteiger partial charge in [0.05, 0.1) is 43.0 Å². The van der Waals surface area contributed by atoms with Gasteiger partial charge in [-0.05, 0) is 97.8 Å². The first-order chi connectivity index (χ1) is 30.8. The molecule has 3 heterocycles. The molecular formula is C49H80N2O14. The number of methoxy groups -OCH3 is 1. The molecule has 0 bridgehead atoms. The number of β-amino-alcohol motifs (C(OH)–C–C–N with tert-alkyl or cyclic N) is 1. The maximum Gasteiger partial charge on any atom is 0.309 e. The molecule has 3 aliphatic heterocycles. The summed E-state index contributed by atoms with van der Waals surface area (Å²) in [7, 11) is 5.02. The molecule has 0 unspecified atom stereocenters. The molecule has 16 heteroatoms. The average molecular weight is 921 g/mol. The van der Waals surface area contributed by atoms with Crippen LogP contribution in [0.3, 0.4) is 0 Å². The van der Waals surface area contributed by atoms with Gasteiger partial charge in [0.15, 0.2) is 12.4 Å². The SMILES string of the molecule is CCC(=O)O[C@@H]1CC(=O)O[C@H](C)CCN(CCCCc2ccccc2)C[C@H](O)[C@H](C)C[C@H](CC=O)[C@H]([C@@H]2O[C@H](C)[C@@H](O[C@H]3C[C@@](C)(O)[C@@H](OC(=O)CC)[C@H](C)O3)[C@H](N(C)C)[C@H]2O)[C@@H]1OC. The molecule has 4 rings (SSSR count). The lowest BCUT2D eigenvalue weighted by atomic mass is 9.71. The van der Waals surface area contributed by atoms with Gasteiger partial charge in [0.25, 0.3) is 0 Å². The Bertz CT molecular complexity index is 1620. The lowest BCUT2D eigenvalue weighted by molar-refractivity contribution is -0.318. The van der Waals surface area contributed by atoms with E-state index in [9.17, 15) is 34.5 Å². The number of benzene rings is 1. The van der Waals surface area contributed by atoms with Crippen LogP contribution in [0, 0.1) is 17.8 Å². The van der Waals surface area contributed by atoms with Crippen LogP contribution in [0.5, 0.6) is 0 Å². The van der Waals surface area contributed by atoms with E-state index in [0.717, 1.165) is 32.1 Å². The maximum atomic E-state index is 13.8. The highest BCUT2D eigenvalue weighted by atomic mass is 16.7. The van der Waals surface area contributed by atoms with Gasteiger partial charge in [-0.15, -0.1) is 0 Å². The molecule has 16 atom stereocenters. The molecule has 1 aromatic rings. The summed E-state index contributed by atoms with van der Waals surface area (Å²) in [5, 5.41) is 36.0. The van der Waals surface area contributed by atoms with Crippen LogP contribution in [-0.4, -0.2) is 169 Å². The van der Waals surface area contributed by atoms with Gasteiger partial charge in [-0.25, -0.2) is 0 Å². The molecule has 0 saturated carbocycles. The quantitative estimate of drug-likeness (QED) is 0.0919. The summed E-state index contributed by atoms with van der Waals surface area (Å²) in [6.45, 7) is 13.8. The minimum atomic E-state index is -1.50. The van der Waals surface area contributed by atoms with E-state index in [4.69, 9.17) is 33.2 Å². The minimum absolute atomic E-state index is 0.0130. The molecule has 16 nitrogen and oxygen atoms in total. The molecule has 0 aromatic heterocycles. The first-order valence-electron chi connectivity index (χ1n) is 23.9. The van der Waals surface area contributed by atoms with E-state index >= 15 is 0 Å². The maximum absolute atomic E-state index is 13.8. The van der Waals surface area contributed by atoms with Gasteiger partial charge in [-0.1, -0.05) is 51.1 Å². The van der Waals surface area contributed by atoms with Crippen molar-refractivity contribution in [1.29, 1.82) is 0 Å². The van der Waals surface area contributed by atoms with Crippen molar-refractivity contribution in [1.82, 2.24) is 9.80 Å². The molecular weight excluding hydrogens is 841 g/mol. The van der Waals surface area contributed by atoms with Crippen molar-refractivity contribution in [2.45, 2.75) is 192 Å². The molecule has 3 fully saturated rings. The van der Waals surface area contributed by atoms with Crippen LogP contribution in [0.2, 0.25) is 0 Å². The van der Waals surface area contributed by atoms with Crippen LogP contribution in [0.15, 0.2) is 30.3 Å². The molecule has 0 radical (unpaired) electrons. The van der Waals surface area contributed by atoms with E-state index in [-0.39, 0.29) is 38.0 Å². The Hall–Kier alpha value is -3.06. The second kappa shape index (κ2) is 25.9. The third-order valence-corrected chi connectivity index (χ3v) is 13.6. The summed E-state index contributed by atoms with van der Waals surface area (Å²) in [6.07, 6.45) is -5.98. The number of ether oxygens (including phenoxy) is 7. The van der Waals surface area contributed by atoms with Gasteiger partial charge in [-0.2, -0.15) is 0 Å². The zero-order valence-corrected chi connectivity index (χ0v) is 40.5. The summed E-state index contributed by atoms with van der Waals surface area (Å²) >= 11 is 0. The highest BCUT2D eigenvalue weighted by molar-refractivity contribution is 5.72. The fraction of sp³-hybridized carbons (Fsp3) is 0.796. The Morgan fingerprint density at radius 3 is 2.26 bits per heavy atom. The fourth-order valence-electron chi connectivity index (χ4n) is 10.0. The van der Waals surface area contributed by atoms with Crippen LogP contribution in [-0.2, 0) is 58.8 Å². The number of aliphatic hydroxyl groups excluding tert-OH is 2. The van der Waals surface area contributed by atoms with E-state index < -0.39 is 109 Å². The van der Waals surface area contributed by atoms with Crippen LogP contribution in [0.25, 0.3) is 0 Å². The summed E-state index contributed by atoms with van der Waals surface area (Å²) in [6, 6.07) is 9.55. The highest BCUT2D eigenvalue weighted by Gasteiger charge is 2.55. The zero-order valence-electron chi connectivity index (χ0n) is 40.5. The molecule has 3 aliphatic rings. The first-order valence-corrected chi connectivity index (χ1v) is 23.9. The predicted octanol–water partition coefficient (Wildman–Crippen LogP) is 4.25. The lowest BCUT2D eigenvalue weighted by Gasteiger charge is -2.52. The van der Waals surface area contributed by atoms with Gasteiger partial charge in [0.1, 0.15) is 36.3 Å². The number of hydrogen-bond acceptors (Lipinski definition) is 16. The number of aryl methyl sites for hydroxylation is 1. The van der Waals surface area contributed by atoms with Crippen molar-refractivity contribution < 1.29 is 67.7 Å². The van der Waals surface area contributed by atoms with Gasteiger partial charge in [0, 0.05) is 51.8 Å². The van der Waals surface area contributed by atoms with Crippen molar-refractivity contribution in [2.75, 3.05) is 40.8 Å². The van der Waals surface area contributed by atoms with E-state index in [2.05, 4.69) is 17.0 Å². The normalized spacial score (nSPS) is 37.1. The number of unbranched alkanes of at least 4 members (excludes halogenated alkanes) is 1. The summed E-state index contributed by atoms with van der Waals surface area (Å²) in [4.78, 5) is 55.9. The molecule has 0 amide bonds. The number of nitrogens with zero attached hydrogens (tertiary/aromatic N) is 2. The van der Waals surface area contributed by atoms with Crippen molar-refractivity contribution in [3.63, 3.8) is 0 Å². The second-order valence-corrected chi connectivity index (χ2v) is 19.1. The van der Waals surface area contributed by atoms with Crippen molar-refractivity contribution in [3.8, 4) is 0 Å². The van der Waals surface area contributed by atoms with E-state index in [1.165, 1.54) is 12.7 Å². The largest absolute Gasteiger partial charge is 0.463 e. The number of aldehydes is 1. The fourth-order valence-corrected chi connectivity index (χ4v) is 10.0. The Balaban J connectivity index is 1.69. The highest BCUT2D eigenvalue weighted by Crippen LogP contribution is 2.42. The molecule has 3 N–H and O–H groups in total. The number of hydrogen-bond donors (Lipinski definition) is 3. The number of likely N-dealkylation sites (N-methyl/N-ethyl adjacent to an activating group) is 1. The smallest absolute Gasteiger partial charge is 0.309 e. The molecule has 65 heavy (non-hydrogen) atoms. The summed E-state index contributed by atoms with van der Waals surface area (Å²) in [5.74, 6) is -3.46. The molecule has 1 aromatic carbocycles. The van der Waals surface area contributed by atoms with Gasteiger partial charge >= 0.3 is 17.9 Å². The van der Waals surface area contributed by atoms with Gasteiger partial charge in [0.2, 0.25) is 0 Å². The van der Waals surface area contributed by atoms with Crippen molar-refractivity contribution in [3.05, 3.63) is 35.9 Å². The van der Waals surface area contributed by atoms with Crippen molar-refractivity contribution >= 4 is 24.2 Å². The molecule has 370 valence electrons. The third-order valence-electron chi connectivity index (χ3n) is 13.6. The lowest BCUT2D eigenvalue weighted by Crippen LogP contribution is -2.67. The Morgan fingerprint density at radius 1 is 0.969 bits per heavy atom. The second-order valence-electron chi connectivity index (χ2n) is 19.1. The number of cyclic esters (lactones) is 1. The van der Waals surface area contributed by atoms with Crippen LogP contribution in [0.4, 0.5) is 0 Å². The molecule has 0 aliphatic carbocycles. The van der Waals surface area contributed by atoms with Crippen LogP contribution in [0.1, 0.15) is 112 Å². The number of carbonyl (C=O) groups is 4. The number of rotatable bonds is 16. The first kappa shape index (κ1) is 54.5.